The Kier molecular flexibility index (Phi) is 7.13. The molecule has 13 rings (SSSR count). The third kappa shape index (κ3) is 4.58. The number of para-hydroxylation sites is 4. The molecule has 11 aromatic rings. The molecule has 9 aromatic carbocycles. The molecule has 0 saturated heterocycles. The van der Waals surface area contributed by atoms with Crippen LogP contribution in [0.1, 0.15) is 21.6 Å². The van der Waals surface area contributed by atoms with Gasteiger partial charge in [0.15, 0.2) is 0 Å². The largest absolute Gasteiger partial charge is 0.310 e. The zero-order valence-electron chi connectivity index (χ0n) is 32.6. The molecule has 60 heavy (non-hydrogen) atoms. The van der Waals surface area contributed by atoms with Gasteiger partial charge in [-0.3, -0.25) is 0 Å². The smallest absolute Gasteiger partial charge is 0.0820 e. The highest BCUT2D eigenvalue weighted by Gasteiger charge is 2.53. The lowest BCUT2D eigenvalue weighted by Crippen LogP contribution is -2.25. The molecule has 0 N–H and O–H groups in total. The van der Waals surface area contributed by atoms with Crippen LogP contribution in [0.5, 0.6) is 0 Å². The first-order valence-corrected chi connectivity index (χ1v) is 21.5. The molecule has 3 heteroatoms. The molecule has 0 fully saturated rings. The van der Waals surface area contributed by atoms with Gasteiger partial charge < -0.3 is 9.47 Å². The van der Waals surface area contributed by atoms with Crippen LogP contribution in [0.3, 0.4) is 0 Å². The third-order valence-corrected chi connectivity index (χ3v) is 14.3. The van der Waals surface area contributed by atoms with Gasteiger partial charge in [0.05, 0.1) is 16.4 Å². The van der Waals surface area contributed by atoms with Crippen molar-refractivity contribution in [3.05, 3.63) is 240 Å². The molecule has 2 aliphatic rings. The number of anilines is 3. The van der Waals surface area contributed by atoms with E-state index >= 15 is 0 Å². The maximum absolute atomic E-state index is 2.51. The second-order valence-corrected chi connectivity index (χ2v) is 17.1. The summed E-state index contributed by atoms with van der Waals surface area (Å²) < 4.78 is 3.72. The minimum absolute atomic E-state index is 0.492. The zero-order valence-corrected chi connectivity index (χ0v) is 33.4. The Morgan fingerprint density at radius 1 is 0.383 bits per heavy atom. The molecule has 2 aromatic heterocycles. The van der Waals surface area contributed by atoms with E-state index in [1.54, 1.807) is 0 Å². The number of hydrogen-bond donors (Lipinski definition) is 0. The van der Waals surface area contributed by atoms with Crippen LogP contribution in [0, 0.1) is 0 Å². The van der Waals surface area contributed by atoms with E-state index in [4.69, 9.17) is 0 Å². The molecule has 2 heterocycles. The van der Waals surface area contributed by atoms with Gasteiger partial charge in [0, 0.05) is 54.0 Å². The van der Waals surface area contributed by atoms with Gasteiger partial charge in [-0.05, 0) is 117 Å². The first-order valence-electron chi connectivity index (χ1n) is 20.7. The number of rotatable bonds is 5. The van der Waals surface area contributed by atoms with Crippen LogP contribution in [-0.2, 0) is 5.41 Å². The van der Waals surface area contributed by atoms with E-state index in [-0.39, 0.29) is 0 Å². The molecule has 0 bridgehead atoms. The SMILES string of the molecule is c1ccc(N(c2ccccc2)c2ccc3c(c2)C2(c4ccccc4-c4ccc(-c5ccc(-n6c7ccccc7c7ccccc76)cc5)cc42)c2sc4ccccc4c2-3)cc1. The fraction of sp³-hybridized carbons (Fsp3) is 0.0175. The first kappa shape index (κ1) is 33.5. The molecule has 2 nitrogen and oxygen atoms in total. The van der Waals surface area contributed by atoms with E-state index in [1.165, 1.54) is 86.8 Å². The van der Waals surface area contributed by atoms with Gasteiger partial charge in [-0.25, -0.2) is 0 Å². The van der Waals surface area contributed by atoms with Crippen molar-refractivity contribution < 1.29 is 0 Å². The monoisotopic (exact) mass is 780 g/mol. The highest BCUT2D eigenvalue weighted by molar-refractivity contribution is 7.20. The molecule has 0 radical (unpaired) electrons. The van der Waals surface area contributed by atoms with Gasteiger partial charge in [-0.2, -0.15) is 0 Å². The Balaban J connectivity index is 1.04. The van der Waals surface area contributed by atoms with Crippen LogP contribution in [0.25, 0.3) is 71.0 Å². The molecule has 0 amide bonds. The number of nitrogens with zero attached hydrogens (tertiary/aromatic N) is 2. The van der Waals surface area contributed by atoms with E-state index in [0.717, 1.165) is 22.7 Å². The van der Waals surface area contributed by atoms with Crippen molar-refractivity contribution in [2.24, 2.45) is 0 Å². The van der Waals surface area contributed by atoms with Crippen molar-refractivity contribution in [2.45, 2.75) is 5.41 Å². The Labute approximate surface area is 352 Å². The Morgan fingerprint density at radius 3 is 1.65 bits per heavy atom. The quantitative estimate of drug-likeness (QED) is 0.169. The molecule has 280 valence electrons. The van der Waals surface area contributed by atoms with Crippen molar-refractivity contribution in [1.29, 1.82) is 0 Å². The fourth-order valence-electron chi connectivity index (χ4n) is 10.5. The van der Waals surface area contributed by atoms with E-state index in [9.17, 15) is 0 Å². The van der Waals surface area contributed by atoms with Gasteiger partial charge >= 0.3 is 0 Å². The van der Waals surface area contributed by atoms with Gasteiger partial charge in [0.1, 0.15) is 0 Å². The van der Waals surface area contributed by atoms with Crippen molar-refractivity contribution >= 4 is 60.3 Å². The molecular formula is C57H36N2S. The van der Waals surface area contributed by atoms with Crippen LogP contribution in [0.15, 0.2) is 218 Å². The predicted molar refractivity (Wildman–Crippen MR) is 253 cm³/mol. The summed E-state index contributed by atoms with van der Waals surface area (Å²) in [6.45, 7) is 0. The summed E-state index contributed by atoms with van der Waals surface area (Å²) in [6.07, 6.45) is 0. The summed E-state index contributed by atoms with van der Waals surface area (Å²) in [4.78, 5) is 3.81. The Hall–Kier alpha value is -7.46. The minimum atomic E-state index is -0.492. The molecule has 0 saturated carbocycles. The first-order chi connectivity index (χ1) is 29.8. The molecule has 1 spiro atoms. The second-order valence-electron chi connectivity index (χ2n) is 16.0. The number of fused-ring (bicyclic) bond motifs is 15. The summed E-state index contributed by atoms with van der Waals surface area (Å²) in [6, 6.07) is 80.7. The van der Waals surface area contributed by atoms with Crippen LogP contribution in [0.2, 0.25) is 0 Å². The summed E-state index contributed by atoms with van der Waals surface area (Å²) in [7, 11) is 0. The average molecular weight is 781 g/mol. The lowest BCUT2D eigenvalue weighted by Gasteiger charge is -2.31. The third-order valence-electron chi connectivity index (χ3n) is 13.0. The molecule has 1 unspecified atom stereocenters. The summed E-state index contributed by atoms with van der Waals surface area (Å²) >= 11 is 1.96. The molecule has 1 atom stereocenters. The van der Waals surface area contributed by atoms with Crippen molar-refractivity contribution in [3.63, 3.8) is 0 Å². The van der Waals surface area contributed by atoms with E-state index in [0.29, 0.717) is 0 Å². The van der Waals surface area contributed by atoms with Crippen molar-refractivity contribution in [3.8, 4) is 39.1 Å². The Morgan fingerprint density at radius 2 is 0.933 bits per heavy atom. The van der Waals surface area contributed by atoms with Crippen LogP contribution in [0.4, 0.5) is 17.1 Å². The molecule has 2 aliphatic carbocycles. The normalized spacial score (nSPS) is 14.7. The standard InChI is InChI=1S/C57H36N2S/c1-3-15-39(16-4-1)58(40-17-5-2-6-18-40)42-32-34-47-51(36-42)57(56-55(47)48-22-10-14-26-54(48)60-56)49-23-11-7-19-43(49)44-33-29-38(35-50(44)57)37-27-30-41(31-28-37)59-52-24-12-8-20-45(52)46-21-9-13-25-53(46)59/h1-36H. The van der Waals surface area contributed by atoms with E-state index in [2.05, 4.69) is 228 Å². The maximum Gasteiger partial charge on any atom is 0.0820 e. The number of thiophene rings is 1. The molecule has 0 aliphatic heterocycles. The predicted octanol–water partition coefficient (Wildman–Crippen LogP) is 15.5. The summed E-state index contributed by atoms with van der Waals surface area (Å²) in [5.74, 6) is 0. The van der Waals surface area contributed by atoms with E-state index < -0.39 is 5.41 Å². The summed E-state index contributed by atoms with van der Waals surface area (Å²) in [5.41, 5.74) is 18.3. The van der Waals surface area contributed by atoms with Gasteiger partial charge in [0.2, 0.25) is 0 Å². The van der Waals surface area contributed by atoms with Gasteiger partial charge in [0.25, 0.3) is 0 Å². The highest BCUT2D eigenvalue weighted by Crippen LogP contribution is 2.66. The van der Waals surface area contributed by atoms with Crippen LogP contribution >= 0.6 is 11.3 Å². The van der Waals surface area contributed by atoms with Crippen LogP contribution < -0.4 is 4.90 Å². The van der Waals surface area contributed by atoms with Crippen molar-refractivity contribution in [2.75, 3.05) is 4.90 Å². The summed E-state index contributed by atoms with van der Waals surface area (Å²) in [5, 5.41) is 3.88. The van der Waals surface area contributed by atoms with Gasteiger partial charge in [-0.1, -0.05) is 146 Å². The minimum Gasteiger partial charge on any atom is -0.310 e. The van der Waals surface area contributed by atoms with Crippen molar-refractivity contribution in [1.82, 2.24) is 4.57 Å². The number of aromatic nitrogens is 1. The van der Waals surface area contributed by atoms with Crippen LogP contribution in [-0.4, -0.2) is 4.57 Å². The second kappa shape index (κ2) is 12.8. The fourth-order valence-corrected chi connectivity index (χ4v) is 11.9. The average Bonchev–Trinajstić information content (AvgIpc) is 4.03. The van der Waals surface area contributed by atoms with E-state index in [1.807, 2.05) is 11.3 Å². The van der Waals surface area contributed by atoms with Gasteiger partial charge in [-0.15, -0.1) is 11.3 Å². The number of benzene rings is 9. The lowest BCUT2D eigenvalue weighted by atomic mass is 9.73. The maximum atomic E-state index is 2.51. The zero-order chi connectivity index (χ0) is 39.4. The number of hydrogen-bond acceptors (Lipinski definition) is 2. The lowest BCUT2D eigenvalue weighted by molar-refractivity contribution is 0.812. The Bertz CT molecular complexity index is 3390. The topological polar surface area (TPSA) is 8.17 Å². The highest BCUT2D eigenvalue weighted by atomic mass is 32.1. The molecular weight excluding hydrogens is 745 g/mol.